The highest BCUT2D eigenvalue weighted by Crippen LogP contribution is 2.15. The van der Waals surface area contributed by atoms with Crippen LogP contribution in [-0.4, -0.2) is 16.8 Å². The van der Waals surface area contributed by atoms with Gasteiger partial charge in [-0.15, -0.1) is 0 Å². The largest absolute Gasteiger partial charge is 0.291 e. The molecule has 1 heterocycles. The van der Waals surface area contributed by atoms with Crippen LogP contribution in [0.2, 0.25) is 6.82 Å². The molecule has 0 amide bonds. The molecule has 0 saturated carbocycles. The summed E-state index contributed by atoms with van der Waals surface area (Å²) in [5.74, 6) is 0.772. The molecule has 94 valence electrons. The van der Waals surface area contributed by atoms with Crippen molar-refractivity contribution in [2.75, 3.05) is 0 Å². The van der Waals surface area contributed by atoms with Gasteiger partial charge in [-0.3, -0.25) is 9.36 Å². The zero-order chi connectivity index (χ0) is 13.5. The Bertz CT molecular complexity index is 653. The lowest BCUT2D eigenvalue weighted by Crippen LogP contribution is -2.36. The molecule has 0 radical (unpaired) electrons. The number of benzene rings is 1. The van der Waals surface area contributed by atoms with E-state index in [1.54, 1.807) is 4.57 Å². The predicted octanol–water partition coefficient (Wildman–Crippen LogP) is 1.57. The minimum absolute atomic E-state index is 0.0488. The fourth-order valence-corrected chi connectivity index (χ4v) is 2.35. The molecule has 0 bridgehead atoms. The van der Waals surface area contributed by atoms with Crippen LogP contribution in [0.15, 0.2) is 23.0 Å². The van der Waals surface area contributed by atoms with Crippen molar-refractivity contribution < 1.29 is 0 Å². The van der Waals surface area contributed by atoms with Crippen LogP contribution in [0.5, 0.6) is 0 Å². The fraction of sp³-hybridized carbons (Fsp3) is 0.429. The van der Waals surface area contributed by atoms with E-state index in [1.807, 2.05) is 45.9 Å². The van der Waals surface area contributed by atoms with E-state index in [-0.39, 0.29) is 11.1 Å². The van der Waals surface area contributed by atoms with Crippen molar-refractivity contribution in [2.24, 2.45) is 0 Å². The third-order valence-electron chi connectivity index (χ3n) is 3.18. The van der Waals surface area contributed by atoms with E-state index >= 15 is 0 Å². The maximum Gasteiger partial charge on any atom is 0.261 e. The maximum atomic E-state index is 12.5. The molecule has 0 spiro atoms. The van der Waals surface area contributed by atoms with E-state index in [2.05, 4.69) is 11.8 Å². The Balaban J connectivity index is 2.84. The van der Waals surface area contributed by atoms with E-state index in [0.29, 0.717) is 5.39 Å². The average Bonchev–Trinajstić information content (AvgIpc) is 2.26. The Labute approximate surface area is 108 Å². The van der Waals surface area contributed by atoms with Crippen LogP contribution >= 0.6 is 0 Å². The van der Waals surface area contributed by atoms with Gasteiger partial charge in [0.05, 0.1) is 10.9 Å². The van der Waals surface area contributed by atoms with Crippen molar-refractivity contribution in [3.63, 3.8) is 0 Å². The van der Waals surface area contributed by atoms with E-state index < -0.39 is 0 Å². The zero-order valence-electron chi connectivity index (χ0n) is 11.7. The molecule has 0 fully saturated rings. The summed E-state index contributed by atoms with van der Waals surface area (Å²) in [6.45, 7) is 10.1. The van der Waals surface area contributed by atoms with Crippen LogP contribution < -0.4 is 11.0 Å². The van der Waals surface area contributed by atoms with Crippen molar-refractivity contribution in [2.45, 2.75) is 40.1 Å². The second-order valence-corrected chi connectivity index (χ2v) is 5.68. The van der Waals surface area contributed by atoms with Crippen LogP contribution in [0.25, 0.3) is 10.9 Å². The summed E-state index contributed by atoms with van der Waals surface area (Å²) in [4.78, 5) is 17.1. The molecule has 18 heavy (non-hydrogen) atoms. The van der Waals surface area contributed by atoms with Gasteiger partial charge in [-0.1, -0.05) is 18.4 Å². The molecule has 2 aromatic rings. The van der Waals surface area contributed by atoms with Gasteiger partial charge in [0.2, 0.25) is 0 Å². The lowest BCUT2D eigenvalue weighted by atomic mass is 9.73. The maximum absolute atomic E-state index is 12.5. The Hall–Kier alpha value is -1.58. The molecule has 0 aliphatic rings. The topological polar surface area (TPSA) is 34.9 Å². The summed E-state index contributed by atoms with van der Waals surface area (Å²) < 4.78 is 1.76. The van der Waals surface area contributed by atoms with Crippen molar-refractivity contribution in [1.29, 1.82) is 0 Å². The summed E-state index contributed by atoms with van der Waals surface area (Å²) in [7, 11) is 0.957. The van der Waals surface area contributed by atoms with Gasteiger partial charge in [0, 0.05) is 5.54 Å². The highest BCUT2D eigenvalue weighted by Gasteiger charge is 2.19. The lowest BCUT2D eigenvalue weighted by molar-refractivity contribution is 0.372. The second kappa shape index (κ2) is 4.27. The first-order valence-corrected chi connectivity index (χ1v) is 6.37. The number of nitrogens with zero attached hydrogens (tertiary/aromatic N) is 2. The molecule has 0 atom stereocenters. The Morgan fingerprint density at radius 2 is 1.94 bits per heavy atom. The highest BCUT2D eigenvalue weighted by atomic mass is 16.1. The predicted molar refractivity (Wildman–Crippen MR) is 78.4 cm³/mol. The van der Waals surface area contributed by atoms with Gasteiger partial charge < -0.3 is 0 Å². The van der Waals surface area contributed by atoms with Crippen molar-refractivity contribution in [3.8, 4) is 0 Å². The normalized spacial score (nSPS) is 11.8. The third kappa shape index (κ3) is 2.07. The Morgan fingerprint density at radius 1 is 1.28 bits per heavy atom. The molecule has 1 aromatic carbocycles. The number of fused-ring (bicyclic) bond motifs is 1. The first kappa shape index (κ1) is 12.9. The summed E-state index contributed by atoms with van der Waals surface area (Å²) >= 11 is 0. The summed E-state index contributed by atoms with van der Waals surface area (Å²) in [5.41, 5.74) is 1.82. The lowest BCUT2D eigenvalue weighted by Gasteiger charge is -2.24. The number of hydrogen-bond acceptors (Lipinski definition) is 2. The van der Waals surface area contributed by atoms with Crippen LogP contribution in [-0.2, 0) is 5.54 Å². The van der Waals surface area contributed by atoms with E-state index in [9.17, 15) is 4.79 Å². The Kier molecular flexibility index (Phi) is 3.05. The molecule has 0 N–H and O–H groups in total. The summed E-state index contributed by atoms with van der Waals surface area (Å²) in [6, 6.07) is 5.91. The van der Waals surface area contributed by atoms with Gasteiger partial charge in [0.15, 0.2) is 7.28 Å². The van der Waals surface area contributed by atoms with Crippen LogP contribution in [0, 0.1) is 6.92 Å². The van der Waals surface area contributed by atoms with Crippen molar-refractivity contribution in [1.82, 2.24) is 9.55 Å². The highest BCUT2D eigenvalue weighted by molar-refractivity contribution is 6.52. The molecule has 0 aliphatic carbocycles. The first-order chi connectivity index (χ1) is 8.34. The molecular weight excluding hydrogens is 223 g/mol. The van der Waals surface area contributed by atoms with E-state index in [4.69, 9.17) is 0 Å². The Morgan fingerprint density at radius 3 is 2.50 bits per heavy atom. The number of rotatable bonds is 1. The zero-order valence-corrected chi connectivity index (χ0v) is 11.7. The summed E-state index contributed by atoms with van der Waals surface area (Å²) in [6.07, 6.45) is 0. The molecule has 1 aromatic heterocycles. The van der Waals surface area contributed by atoms with Gasteiger partial charge in [-0.05, 0) is 39.8 Å². The quantitative estimate of drug-likeness (QED) is 0.711. The molecule has 4 heteroatoms. The van der Waals surface area contributed by atoms with Crippen LogP contribution in [0.3, 0.4) is 0 Å². The number of hydrogen-bond donors (Lipinski definition) is 0. The molecule has 0 unspecified atom stereocenters. The molecular formula is C14H19BN2O. The van der Waals surface area contributed by atoms with Crippen LogP contribution in [0.1, 0.15) is 26.6 Å². The van der Waals surface area contributed by atoms with Gasteiger partial charge in [0.1, 0.15) is 5.82 Å². The molecule has 2 rings (SSSR count). The first-order valence-electron chi connectivity index (χ1n) is 6.37. The van der Waals surface area contributed by atoms with Crippen molar-refractivity contribution >= 4 is 23.6 Å². The minimum Gasteiger partial charge on any atom is -0.291 e. The SMILES string of the molecule is CBc1ccc2c(=O)n(C(C)(C)C)c(C)nc2c1. The monoisotopic (exact) mass is 242 g/mol. The average molecular weight is 242 g/mol. The summed E-state index contributed by atoms with van der Waals surface area (Å²) in [5, 5.41) is 0.702. The smallest absolute Gasteiger partial charge is 0.261 e. The van der Waals surface area contributed by atoms with E-state index in [0.717, 1.165) is 18.6 Å². The van der Waals surface area contributed by atoms with Crippen molar-refractivity contribution in [3.05, 3.63) is 34.4 Å². The molecule has 3 nitrogen and oxygen atoms in total. The van der Waals surface area contributed by atoms with Gasteiger partial charge in [-0.2, -0.15) is 0 Å². The number of aryl methyl sites for hydroxylation is 1. The fourth-order valence-electron chi connectivity index (χ4n) is 2.35. The van der Waals surface area contributed by atoms with Gasteiger partial charge >= 0.3 is 0 Å². The van der Waals surface area contributed by atoms with Gasteiger partial charge in [-0.25, -0.2) is 4.98 Å². The van der Waals surface area contributed by atoms with Gasteiger partial charge in [0.25, 0.3) is 5.56 Å². The number of aromatic nitrogens is 2. The minimum atomic E-state index is -0.244. The van der Waals surface area contributed by atoms with E-state index in [1.165, 1.54) is 5.46 Å². The standard InChI is InChI=1S/C14H19BN2O/c1-9-16-12-8-10(15-5)6-7-11(12)13(18)17(9)14(2,3)4/h6-8,15H,1-5H3. The molecule has 0 saturated heterocycles. The molecule has 0 aliphatic heterocycles. The second-order valence-electron chi connectivity index (χ2n) is 5.68. The van der Waals surface area contributed by atoms with Crippen LogP contribution in [0.4, 0.5) is 0 Å². The third-order valence-corrected chi connectivity index (χ3v) is 3.18.